The minimum Gasteiger partial charge on any atom is -0.454 e. The van der Waals surface area contributed by atoms with Gasteiger partial charge < -0.3 is 10.5 Å². The number of rotatable bonds is 2. The third-order valence-corrected chi connectivity index (χ3v) is 2.12. The summed E-state index contributed by atoms with van der Waals surface area (Å²) in [5.41, 5.74) is 6.25. The molecule has 3 nitrogen and oxygen atoms in total. The van der Waals surface area contributed by atoms with E-state index in [0.29, 0.717) is 22.3 Å². The standard InChI is InChI=1S/C11H9ClN2O/c12-11-10(2-1-7-14-11)15-9-5-3-8(13)4-6-9/h1-7H,13H2. The van der Waals surface area contributed by atoms with Gasteiger partial charge in [-0.3, -0.25) is 0 Å². The number of nitrogens with zero attached hydrogens (tertiary/aromatic N) is 1. The molecule has 1 aromatic heterocycles. The molecule has 0 saturated heterocycles. The van der Waals surface area contributed by atoms with Crippen LogP contribution in [0.5, 0.6) is 11.5 Å². The molecular formula is C11H9ClN2O. The minimum absolute atomic E-state index is 0.342. The van der Waals surface area contributed by atoms with Crippen LogP contribution in [0.25, 0.3) is 0 Å². The Morgan fingerprint density at radius 1 is 1.13 bits per heavy atom. The SMILES string of the molecule is Nc1ccc(Oc2cccnc2Cl)cc1. The zero-order chi connectivity index (χ0) is 10.7. The second kappa shape index (κ2) is 4.19. The van der Waals surface area contributed by atoms with E-state index in [1.54, 1.807) is 42.6 Å². The van der Waals surface area contributed by atoms with Crippen LogP contribution in [0.3, 0.4) is 0 Å². The summed E-state index contributed by atoms with van der Waals surface area (Å²) in [4.78, 5) is 3.91. The largest absolute Gasteiger partial charge is 0.454 e. The van der Waals surface area contributed by atoms with E-state index in [9.17, 15) is 0 Å². The molecule has 2 rings (SSSR count). The Kier molecular flexibility index (Phi) is 2.74. The molecule has 15 heavy (non-hydrogen) atoms. The maximum Gasteiger partial charge on any atom is 0.171 e. The summed E-state index contributed by atoms with van der Waals surface area (Å²) in [7, 11) is 0. The fourth-order valence-electron chi connectivity index (χ4n) is 1.11. The van der Waals surface area contributed by atoms with Crippen LogP contribution in [0.1, 0.15) is 0 Å². The first-order chi connectivity index (χ1) is 7.25. The molecule has 2 aromatic rings. The molecule has 4 heteroatoms. The molecule has 0 unspecified atom stereocenters. The molecule has 1 heterocycles. The molecule has 0 spiro atoms. The summed E-state index contributed by atoms with van der Waals surface area (Å²) in [6.45, 7) is 0. The predicted molar refractivity (Wildman–Crippen MR) is 60.2 cm³/mol. The van der Waals surface area contributed by atoms with Gasteiger partial charge in [0.15, 0.2) is 10.9 Å². The van der Waals surface area contributed by atoms with E-state index in [1.165, 1.54) is 0 Å². The highest BCUT2D eigenvalue weighted by molar-refractivity contribution is 6.30. The van der Waals surface area contributed by atoms with Crippen LogP contribution in [-0.4, -0.2) is 4.98 Å². The molecule has 0 aliphatic heterocycles. The number of benzene rings is 1. The first-order valence-corrected chi connectivity index (χ1v) is 4.77. The van der Waals surface area contributed by atoms with Gasteiger partial charge in [-0.15, -0.1) is 0 Å². The van der Waals surface area contributed by atoms with Crippen LogP contribution < -0.4 is 10.5 Å². The number of aromatic nitrogens is 1. The van der Waals surface area contributed by atoms with Crippen molar-refractivity contribution in [3.05, 3.63) is 47.7 Å². The number of pyridine rings is 1. The fraction of sp³-hybridized carbons (Fsp3) is 0. The monoisotopic (exact) mass is 220 g/mol. The lowest BCUT2D eigenvalue weighted by Gasteiger charge is -2.06. The maximum atomic E-state index is 5.84. The van der Waals surface area contributed by atoms with Crippen LogP contribution in [0.2, 0.25) is 5.15 Å². The fourth-order valence-corrected chi connectivity index (χ4v) is 1.27. The Balaban J connectivity index is 2.22. The maximum absolute atomic E-state index is 5.84. The third-order valence-electron chi connectivity index (χ3n) is 1.83. The molecule has 76 valence electrons. The van der Waals surface area contributed by atoms with Gasteiger partial charge in [0.1, 0.15) is 5.75 Å². The molecule has 0 bridgehead atoms. The van der Waals surface area contributed by atoms with Gasteiger partial charge in [0.25, 0.3) is 0 Å². The number of halogens is 1. The van der Waals surface area contributed by atoms with Crippen molar-refractivity contribution in [2.75, 3.05) is 5.73 Å². The second-order valence-electron chi connectivity index (χ2n) is 2.96. The number of nitrogens with two attached hydrogens (primary N) is 1. The van der Waals surface area contributed by atoms with Gasteiger partial charge in [0.05, 0.1) is 0 Å². The van der Waals surface area contributed by atoms with Crippen molar-refractivity contribution in [3.63, 3.8) is 0 Å². The Labute approximate surface area is 92.5 Å². The lowest BCUT2D eigenvalue weighted by atomic mass is 10.3. The van der Waals surface area contributed by atoms with Crippen molar-refractivity contribution in [1.82, 2.24) is 4.98 Å². The van der Waals surface area contributed by atoms with E-state index in [4.69, 9.17) is 22.1 Å². The number of anilines is 1. The van der Waals surface area contributed by atoms with Crippen LogP contribution in [0, 0.1) is 0 Å². The first-order valence-electron chi connectivity index (χ1n) is 4.39. The third kappa shape index (κ3) is 2.39. The van der Waals surface area contributed by atoms with Crippen LogP contribution in [0.15, 0.2) is 42.6 Å². The van der Waals surface area contributed by atoms with Gasteiger partial charge in [-0.25, -0.2) is 4.98 Å². The Hall–Kier alpha value is -1.74. The van der Waals surface area contributed by atoms with Crippen LogP contribution in [-0.2, 0) is 0 Å². The molecule has 0 aliphatic carbocycles. The summed E-state index contributed by atoms with van der Waals surface area (Å²) in [5, 5.41) is 0.342. The zero-order valence-electron chi connectivity index (χ0n) is 7.85. The molecule has 1 aromatic carbocycles. The molecule has 0 saturated carbocycles. The van der Waals surface area contributed by atoms with Gasteiger partial charge in [-0.1, -0.05) is 11.6 Å². The highest BCUT2D eigenvalue weighted by Gasteiger charge is 2.02. The number of nitrogen functional groups attached to an aromatic ring is 1. The second-order valence-corrected chi connectivity index (χ2v) is 3.32. The van der Waals surface area contributed by atoms with Crippen molar-refractivity contribution in [2.45, 2.75) is 0 Å². The topological polar surface area (TPSA) is 48.1 Å². The van der Waals surface area contributed by atoms with E-state index in [-0.39, 0.29) is 0 Å². The van der Waals surface area contributed by atoms with E-state index in [2.05, 4.69) is 4.98 Å². The van der Waals surface area contributed by atoms with E-state index in [0.717, 1.165) is 0 Å². The lowest BCUT2D eigenvalue weighted by molar-refractivity contribution is 0.480. The average molecular weight is 221 g/mol. The molecule has 0 aliphatic rings. The van der Waals surface area contributed by atoms with Crippen molar-refractivity contribution in [2.24, 2.45) is 0 Å². The molecule has 2 N–H and O–H groups in total. The zero-order valence-corrected chi connectivity index (χ0v) is 8.61. The van der Waals surface area contributed by atoms with Gasteiger partial charge in [-0.2, -0.15) is 0 Å². The Morgan fingerprint density at radius 3 is 2.53 bits per heavy atom. The molecule has 0 amide bonds. The van der Waals surface area contributed by atoms with Gasteiger partial charge in [0.2, 0.25) is 0 Å². The van der Waals surface area contributed by atoms with Crippen molar-refractivity contribution in [3.8, 4) is 11.5 Å². The number of hydrogen-bond acceptors (Lipinski definition) is 3. The van der Waals surface area contributed by atoms with Gasteiger partial charge in [0, 0.05) is 11.9 Å². The summed E-state index contributed by atoms with van der Waals surface area (Å²) in [6, 6.07) is 10.6. The minimum atomic E-state index is 0.342. The molecular weight excluding hydrogens is 212 g/mol. The first kappa shape index (κ1) is 9.80. The number of hydrogen-bond donors (Lipinski definition) is 1. The molecule has 0 atom stereocenters. The van der Waals surface area contributed by atoms with Crippen molar-refractivity contribution < 1.29 is 4.74 Å². The van der Waals surface area contributed by atoms with Crippen LogP contribution in [0.4, 0.5) is 5.69 Å². The van der Waals surface area contributed by atoms with Gasteiger partial charge >= 0.3 is 0 Å². The highest BCUT2D eigenvalue weighted by atomic mass is 35.5. The quantitative estimate of drug-likeness (QED) is 0.625. The summed E-state index contributed by atoms with van der Waals surface area (Å²) < 4.78 is 5.51. The number of ether oxygens (including phenoxy) is 1. The average Bonchev–Trinajstić information content (AvgIpc) is 2.25. The normalized spacial score (nSPS) is 9.93. The van der Waals surface area contributed by atoms with E-state index >= 15 is 0 Å². The van der Waals surface area contributed by atoms with E-state index in [1.807, 2.05) is 0 Å². The summed E-state index contributed by atoms with van der Waals surface area (Å²) in [6.07, 6.45) is 1.61. The smallest absolute Gasteiger partial charge is 0.171 e. The Bertz CT molecular complexity index is 456. The molecule has 0 radical (unpaired) electrons. The molecule has 0 fully saturated rings. The van der Waals surface area contributed by atoms with E-state index < -0.39 is 0 Å². The highest BCUT2D eigenvalue weighted by Crippen LogP contribution is 2.27. The van der Waals surface area contributed by atoms with Gasteiger partial charge in [-0.05, 0) is 36.4 Å². The van der Waals surface area contributed by atoms with Crippen molar-refractivity contribution >= 4 is 17.3 Å². The predicted octanol–water partition coefficient (Wildman–Crippen LogP) is 3.11. The Morgan fingerprint density at radius 2 is 1.87 bits per heavy atom. The van der Waals surface area contributed by atoms with Crippen molar-refractivity contribution in [1.29, 1.82) is 0 Å². The lowest BCUT2D eigenvalue weighted by Crippen LogP contribution is -1.88. The summed E-state index contributed by atoms with van der Waals surface area (Å²) >= 11 is 5.84. The summed E-state index contributed by atoms with van der Waals surface area (Å²) in [5.74, 6) is 1.21. The van der Waals surface area contributed by atoms with Crippen LogP contribution >= 0.6 is 11.6 Å².